The van der Waals surface area contributed by atoms with E-state index in [2.05, 4.69) is 10.1 Å². The Morgan fingerprint density at radius 2 is 2.00 bits per heavy atom. The zero-order valence-electron chi connectivity index (χ0n) is 15.6. The molecular formula is C20H22FN5O2. The van der Waals surface area contributed by atoms with Crippen LogP contribution in [0.2, 0.25) is 0 Å². The molecule has 2 fully saturated rings. The maximum atomic E-state index is 13.5. The van der Waals surface area contributed by atoms with Crippen LogP contribution >= 0.6 is 0 Å². The van der Waals surface area contributed by atoms with Crippen molar-refractivity contribution in [2.75, 3.05) is 13.1 Å². The molecule has 2 aromatic heterocycles. The second kappa shape index (κ2) is 6.41. The summed E-state index contributed by atoms with van der Waals surface area (Å²) < 4.78 is 17.1. The number of aromatic nitrogens is 4. The van der Waals surface area contributed by atoms with Gasteiger partial charge in [-0.2, -0.15) is 5.10 Å². The van der Waals surface area contributed by atoms with E-state index in [0.717, 1.165) is 17.3 Å². The van der Waals surface area contributed by atoms with Gasteiger partial charge in [0.15, 0.2) is 0 Å². The molecule has 0 spiro atoms. The maximum absolute atomic E-state index is 13.5. The number of aryl methyl sites for hydroxylation is 1. The Morgan fingerprint density at radius 1 is 1.21 bits per heavy atom. The average Bonchev–Trinajstić information content (AvgIpc) is 3.39. The van der Waals surface area contributed by atoms with Crippen molar-refractivity contribution < 1.29 is 14.3 Å². The molecule has 1 aliphatic heterocycles. The Hall–Kier alpha value is -2.74. The molecule has 146 valence electrons. The molecule has 1 aromatic carbocycles. The van der Waals surface area contributed by atoms with Gasteiger partial charge in [-0.25, -0.2) is 14.1 Å². The first-order valence-corrected chi connectivity index (χ1v) is 9.57. The first kappa shape index (κ1) is 17.4. The van der Waals surface area contributed by atoms with Gasteiger partial charge < -0.3 is 14.6 Å². The van der Waals surface area contributed by atoms with Crippen molar-refractivity contribution >= 4 is 16.8 Å². The fraction of sp³-hybridized carbons (Fsp3) is 0.450. The lowest BCUT2D eigenvalue weighted by molar-refractivity contribution is 0.0304. The number of carbonyl (C=O) groups excluding carboxylic acids is 1. The lowest BCUT2D eigenvalue weighted by Crippen LogP contribution is -2.36. The zero-order valence-corrected chi connectivity index (χ0v) is 15.6. The molecule has 1 amide bonds. The van der Waals surface area contributed by atoms with Gasteiger partial charge in [0.05, 0.1) is 12.1 Å². The number of carbonyl (C=O) groups is 1. The summed E-state index contributed by atoms with van der Waals surface area (Å²) in [6.07, 6.45) is 4.06. The number of hydrogen-bond donors (Lipinski definition) is 1. The van der Waals surface area contributed by atoms with Crippen LogP contribution < -0.4 is 0 Å². The number of aliphatic hydroxyl groups excluding tert-OH is 1. The molecule has 3 aromatic rings. The van der Waals surface area contributed by atoms with E-state index in [-0.39, 0.29) is 23.7 Å². The minimum absolute atomic E-state index is 0.0414. The van der Waals surface area contributed by atoms with Crippen molar-refractivity contribution in [2.24, 2.45) is 18.9 Å². The SMILES string of the molecule is Cn1c(C(=O)N2C[C@H]3C[C@@H](n4cncn4)[C@H](O)C[C@H]3C2)cc2cc(F)ccc21. The van der Waals surface area contributed by atoms with Crippen molar-refractivity contribution in [1.29, 1.82) is 0 Å². The number of likely N-dealkylation sites (tertiary alicyclic amines) is 1. The smallest absolute Gasteiger partial charge is 0.270 e. The fourth-order valence-electron chi connectivity index (χ4n) is 4.93. The van der Waals surface area contributed by atoms with Gasteiger partial charge in [-0.05, 0) is 48.9 Å². The number of fused-ring (bicyclic) bond motifs is 2. The van der Waals surface area contributed by atoms with Crippen LogP contribution in [0, 0.1) is 17.7 Å². The molecule has 7 nitrogen and oxygen atoms in total. The third-order valence-corrected chi connectivity index (χ3v) is 6.40. The molecule has 28 heavy (non-hydrogen) atoms. The molecule has 2 aliphatic rings. The van der Waals surface area contributed by atoms with Crippen LogP contribution in [0.4, 0.5) is 4.39 Å². The van der Waals surface area contributed by atoms with Crippen LogP contribution in [0.15, 0.2) is 36.9 Å². The van der Waals surface area contributed by atoms with Crippen LogP contribution in [0.1, 0.15) is 29.4 Å². The molecule has 4 atom stereocenters. The standard InChI is InChI=1S/C20H22FN5O2/c1-24-16-3-2-15(21)4-12(16)5-18(24)20(28)25-8-13-6-17(26-11-22-10-23-26)19(27)7-14(13)9-25/h2-5,10-11,13-14,17,19,27H,6-9H2,1H3/t13-,14+,17-,19-/m1/s1. The van der Waals surface area contributed by atoms with Crippen molar-refractivity contribution in [2.45, 2.75) is 25.0 Å². The summed E-state index contributed by atoms with van der Waals surface area (Å²) in [4.78, 5) is 19.0. The normalized spacial score (nSPS) is 27.3. The largest absolute Gasteiger partial charge is 0.391 e. The Morgan fingerprint density at radius 3 is 2.75 bits per heavy atom. The first-order chi connectivity index (χ1) is 13.5. The van der Waals surface area contributed by atoms with Crippen LogP contribution in [0.5, 0.6) is 0 Å². The van der Waals surface area contributed by atoms with Gasteiger partial charge in [0.25, 0.3) is 5.91 Å². The van der Waals surface area contributed by atoms with Crippen LogP contribution in [-0.2, 0) is 7.05 Å². The Bertz CT molecular complexity index is 1030. The van der Waals surface area contributed by atoms with Gasteiger partial charge >= 0.3 is 0 Å². The summed E-state index contributed by atoms with van der Waals surface area (Å²) in [7, 11) is 1.83. The van der Waals surface area contributed by atoms with Crippen molar-refractivity contribution in [3.05, 3.63) is 48.4 Å². The minimum Gasteiger partial charge on any atom is -0.391 e. The maximum Gasteiger partial charge on any atom is 0.270 e. The number of benzene rings is 1. The summed E-state index contributed by atoms with van der Waals surface area (Å²) in [5.41, 5.74) is 1.40. The number of rotatable bonds is 2. The lowest BCUT2D eigenvalue weighted by Gasteiger charge is -2.34. The summed E-state index contributed by atoms with van der Waals surface area (Å²) in [5, 5.41) is 15.5. The highest BCUT2D eigenvalue weighted by molar-refractivity contribution is 5.98. The summed E-state index contributed by atoms with van der Waals surface area (Å²) >= 11 is 0. The highest BCUT2D eigenvalue weighted by Crippen LogP contribution is 2.41. The number of amides is 1. The number of nitrogens with zero attached hydrogens (tertiary/aromatic N) is 5. The molecule has 1 aliphatic carbocycles. The van der Waals surface area contributed by atoms with Crippen LogP contribution in [0.25, 0.3) is 10.9 Å². The third kappa shape index (κ3) is 2.71. The average molecular weight is 383 g/mol. The molecule has 1 saturated heterocycles. The zero-order chi connectivity index (χ0) is 19.4. The summed E-state index contributed by atoms with van der Waals surface area (Å²) in [6.45, 7) is 1.30. The van der Waals surface area contributed by atoms with Crippen molar-refractivity contribution in [1.82, 2.24) is 24.2 Å². The Balaban J connectivity index is 1.37. The van der Waals surface area contributed by atoms with Crippen molar-refractivity contribution in [3.8, 4) is 0 Å². The van der Waals surface area contributed by atoms with Gasteiger partial charge in [-0.15, -0.1) is 0 Å². The molecular weight excluding hydrogens is 361 g/mol. The molecule has 0 radical (unpaired) electrons. The topological polar surface area (TPSA) is 76.2 Å². The molecule has 3 heterocycles. The second-order valence-corrected chi connectivity index (χ2v) is 8.00. The highest BCUT2D eigenvalue weighted by atomic mass is 19.1. The first-order valence-electron chi connectivity index (χ1n) is 9.57. The van der Waals surface area contributed by atoms with E-state index in [1.807, 2.05) is 16.5 Å². The number of hydrogen-bond acceptors (Lipinski definition) is 4. The van der Waals surface area contributed by atoms with E-state index < -0.39 is 6.10 Å². The third-order valence-electron chi connectivity index (χ3n) is 6.40. The highest BCUT2D eigenvalue weighted by Gasteiger charge is 2.44. The van der Waals surface area contributed by atoms with Gasteiger partial charge in [0, 0.05) is 31.0 Å². The lowest BCUT2D eigenvalue weighted by atomic mass is 9.77. The quantitative estimate of drug-likeness (QED) is 0.734. The molecule has 1 N–H and O–H groups in total. The Kier molecular flexibility index (Phi) is 3.97. The number of aliphatic hydroxyl groups is 1. The molecule has 8 heteroatoms. The van der Waals surface area contributed by atoms with Crippen LogP contribution in [0.3, 0.4) is 0 Å². The van der Waals surface area contributed by atoms with Gasteiger partial charge in [-0.1, -0.05) is 0 Å². The van der Waals surface area contributed by atoms with Gasteiger partial charge in [0.2, 0.25) is 0 Å². The predicted octanol–water partition coefficient (Wildman–Crippen LogP) is 1.99. The van der Waals surface area contributed by atoms with E-state index in [4.69, 9.17) is 0 Å². The second-order valence-electron chi connectivity index (χ2n) is 8.00. The molecule has 0 bridgehead atoms. The van der Waals surface area contributed by atoms with Gasteiger partial charge in [0.1, 0.15) is 24.2 Å². The van der Waals surface area contributed by atoms with Crippen LogP contribution in [-0.4, -0.2) is 54.4 Å². The Labute approximate surface area is 161 Å². The number of halogens is 1. The van der Waals surface area contributed by atoms with E-state index in [1.54, 1.807) is 23.1 Å². The molecule has 5 rings (SSSR count). The summed E-state index contributed by atoms with van der Waals surface area (Å²) in [5.74, 6) is 0.261. The van der Waals surface area contributed by atoms with Gasteiger partial charge in [-0.3, -0.25) is 4.79 Å². The minimum atomic E-state index is -0.487. The van der Waals surface area contributed by atoms with Crippen molar-refractivity contribution in [3.63, 3.8) is 0 Å². The molecule has 1 saturated carbocycles. The predicted molar refractivity (Wildman–Crippen MR) is 100 cm³/mol. The van der Waals surface area contributed by atoms with E-state index >= 15 is 0 Å². The van der Waals surface area contributed by atoms with E-state index in [9.17, 15) is 14.3 Å². The monoisotopic (exact) mass is 383 g/mol. The van der Waals surface area contributed by atoms with E-state index in [0.29, 0.717) is 31.1 Å². The summed E-state index contributed by atoms with van der Waals surface area (Å²) in [6, 6.07) is 6.22. The fourth-order valence-corrected chi connectivity index (χ4v) is 4.93. The molecule has 0 unspecified atom stereocenters. The van der Waals surface area contributed by atoms with E-state index in [1.165, 1.54) is 18.5 Å².